The molecule has 0 fully saturated rings. The summed E-state index contributed by atoms with van der Waals surface area (Å²) >= 11 is 0. The molecular formula is C20H18N4O2. The van der Waals surface area contributed by atoms with Crippen LogP contribution in [0.3, 0.4) is 0 Å². The van der Waals surface area contributed by atoms with Crippen molar-refractivity contribution in [3.63, 3.8) is 0 Å². The summed E-state index contributed by atoms with van der Waals surface area (Å²) in [6.07, 6.45) is 3.61. The highest BCUT2D eigenvalue weighted by atomic mass is 16.5. The predicted octanol–water partition coefficient (Wildman–Crippen LogP) is 3.73. The maximum absolute atomic E-state index is 12.4. The number of carbonyl (C=O) groups is 1. The van der Waals surface area contributed by atoms with Crippen molar-refractivity contribution in [2.75, 3.05) is 5.32 Å². The Labute approximate surface area is 150 Å². The van der Waals surface area contributed by atoms with Crippen LogP contribution in [0, 0.1) is 0 Å². The van der Waals surface area contributed by atoms with Crippen LogP contribution in [0.25, 0.3) is 10.9 Å². The van der Waals surface area contributed by atoms with Gasteiger partial charge in [0.15, 0.2) is 0 Å². The number of carbonyl (C=O) groups excluding carboxylic acids is 1. The van der Waals surface area contributed by atoms with Gasteiger partial charge in [0, 0.05) is 36.0 Å². The zero-order chi connectivity index (χ0) is 17.9. The number of aromatic nitrogens is 3. The molecule has 0 unspecified atom stereocenters. The maximum atomic E-state index is 12.4. The SMILES string of the molecule is Cn1ccnc1COc1ccc(NC(=O)c2cc3ccccc3[nH]2)cc1. The lowest BCUT2D eigenvalue weighted by Gasteiger charge is -2.08. The second-order valence-electron chi connectivity index (χ2n) is 5.99. The van der Waals surface area contributed by atoms with Crippen LogP contribution >= 0.6 is 0 Å². The summed E-state index contributed by atoms with van der Waals surface area (Å²) in [6, 6.07) is 16.9. The smallest absolute Gasteiger partial charge is 0.272 e. The first kappa shape index (κ1) is 16.0. The van der Waals surface area contributed by atoms with Crippen LogP contribution < -0.4 is 10.1 Å². The number of rotatable bonds is 5. The number of hydrogen-bond donors (Lipinski definition) is 2. The van der Waals surface area contributed by atoms with Crippen molar-refractivity contribution < 1.29 is 9.53 Å². The highest BCUT2D eigenvalue weighted by Gasteiger charge is 2.09. The van der Waals surface area contributed by atoms with Crippen molar-refractivity contribution in [1.29, 1.82) is 0 Å². The number of aryl methyl sites for hydroxylation is 1. The normalized spacial score (nSPS) is 10.8. The molecule has 2 N–H and O–H groups in total. The minimum atomic E-state index is -0.178. The number of para-hydroxylation sites is 1. The van der Waals surface area contributed by atoms with Gasteiger partial charge in [0.1, 0.15) is 23.9 Å². The van der Waals surface area contributed by atoms with Crippen molar-refractivity contribution in [3.05, 3.63) is 78.5 Å². The van der Waals surface area contributed by atoms with Gasteiger partial charge >= 0.3 is 0 Å². The van der Waals surface area contributed by atoms with Crippen LogP contribution in [0.4, 0.5) is 5.69 Å². The molecule has 1 amide bonds. The number of H-pyrrole nitrogens is 1. The van der Waals surface area contributed by atoms with E-state index in [4.69, 9.17) is 4.74 Å². The fraction of sp³-hybridized carbons (Fsp3) is 0.100. The Bertz CT molecular complexity index is 1010. The predicted molar refractivity (Wildman–Crippen MR) is 100 cm³/mol. The van der Waals surface area contributed by atoms with Crippen LogP contribution in [0.2, 0.25) is 0 Å². The van der Waals surface area contributed by atoms with E-state index < -0.39 is 0 Å². The van der Waals surface area contributed by atoms with Crippen LogP contribution in [0.5, 0.6) is 5.75 Å². The summed E-state index contributed by atoms with van der Waals surface area (Å²) < 4.78 is 7.63. The summed E-state index contributed by atoms with van der Waals surface area (Å²) in [4.78, 5) is 19.7. The molecule has 2 aromatic heterocycles. The molecule has 26 heavy (non-hydrogen) atoms. The average molecular weight is 346 g/mol. The Hall–Kier alpha value is -3.54. The molecule has 0 spiro atoms. The molecule has 2 aromatic carbocycles. The lowest BCUT2D eigenvalue weighted by molar-refractivity contribution is 0.102. The monoisotopic (exact) mass is 346 g/mol. The van der Waals surface area contributed by atoms with E-state index in [0.29, 0.717) is 18.0 Å². The van der Waals surface area contributed by atoms with Gasteiger partial charge in [-0.25, -0.2) is 4.98 Å². The standard InChI is InChI=1S/C20H18N4O2/c1-24-11-10-21-19(24)13-26-16-8-6-15(7-9-16)22-20(25)18-12-14-4-2-3-5-17(14)23-18/h2-12,23H,13H2,1H3,(H,22,25). The quantitative estimate of drug-likeness (QED) is 0.578. The molecule has 0 saturated heterocycles. The third-order valence-electron chi connectivity index (χ3n) is 4.18. The fourth-order valence-corrected chi connectivity index (χ4v) is 2.71. The summed E-state index contributed by atoms with van der Waals surface area (Å²) in [5, 5.41) is 3.89. The van der Waals surface area contributed by atoms with Crippen LogP contribution in [-0.2, 0) is 13.7 Å². The number of imidazole rings is 1. The van der Waals surface area contributed by atoms with Gasteiger partial charge in [0.25, 0.3) is 5.91 Å². The Morgan fingerprint density at radius 1 is 1.19 bits per heavy atom. The molecule has 2 heterocycles. The number of nitrogens with one attached hydrogen (secondary N) is 2. The van der Waals surface area contributed by atoms with Crippen molar-refractivity contribution >= 4 is 22.5 Å². The number of ether oxygens (including phenoxy) is 1. The maximum Gasteiger partial charge on any atom is 0.272 e. The Morgan fingerprint density at radius 2 is 2.00 bits per heavy atom. The number of fused-ring (bicyclic) bond motifs is 1. The minimum Gasteiger partial charge on any atom is -0.486 e. The van der Waals surface area contributed by atoms with Gasteiger partial charge in [-0.1, -0.05) is 18.2 Å². The topological polar surface area (TPSA) is 71.9 Å². The lowest BCUT2D eigenvalue weighted by atomic mass is 10.2. The van der Waals surface area contributed by atoms with Crippen molar-refractivity contribution in [3.8, 4) is 5.75 Å². The Kier molecular flexibility index (Phi) is 4.15. The molecule has 4 rings (SSSR count). The molecule has 0 radical (unpaired) electrons. The van der Waals surface area contributed by atoms with E-state index in [1.165, 1.54) is 0 Å². The number of amides is 1. The second kappa shape index (κ2) is 6.76. The van der Waals surface area contributed by atoms with Gasteiger partial charge in [-0.2, -0.15) is 0 Å². The number of anilines is 1. The van der Waals surface area contributed by atoms with Crippen molar-refractivity contribution in [2.45, 2.75) is 6.61 Å². The van der Waals surface area contributed by atoms with Gasteiger partial charge < -0.3 is 19.6 Å². The largest absolute Gasteiger partial charge is 0.486 e. The molecular weight excluding hydrogens is 328 g/mol. The van der Waals surface area contributed by atoms with Crippen LogP contribution in [0.15, 0.2) is 67.0 Å². The first-order valence-electron chi connectivity index (χ1n) is 8.27. The minimum absolute atomic E-state index is 0.178. The molecule has 0 atom stereocenters. The van der Waals surface area contributed by atoms with E-state index in [9.17, 15) is 4.79 Å². The molecule has 4 aromatic rings. The number of benzene rings is 2. The first-order valence-corrected chi connectivity index (χ1v) is 8.27. The van der Waals surface area contributed by atoms with Gasteiger partial charge in [0.2, 0.25) is 0 Å². The van der Waals surface area contributed by atoms with E-state index >= 15 is 0 Å². The Morgan fingerprint density at radius 3 is 2.73 bits per heavy atom. The van der Waals surface area contributed by atoms with Gasteiger partial charge in [-0.05, 0) is 36.4 Å². The number of nitrogens with zero attached hydrogens (tertiary/aromatic N) is 2. The summed E-state index contributed by atoms with van der Waals surface area (Å²) in [5.74, 6) is 1.39. The Balaban J connectivity index is 1.40. The van der Waals surface area contributed by atoms with E-state index in [0.717, 1.165) is 22.5 Å². The summed E-state index contributed by atoms with van der Waals surface area (Å²) in [5.41, 5.74) is 2.18. The zero-order valence-electron chi connectivity index (χ0n) is 14.3. The van der Waals surface area contributed by atoms with Crippen LogP contribution in [-0.4, -0.2) is 20.4 Å². The van der Waals surface area contributed by atoms with Gasteiger partial charge in [0.05, 0.1) is 0 Å². The first-order chi connectivity index (χ1) is 12.7. The van der Waals surface area contributed by atoms with Crippen molar-refractivity contribution in [2.24, 2.45) is 7.05 Å². The van der Waals surface area contributed by atoms with Gasteiger partial charge in [-0.15, -0.1) is 0 Å². The van der Waals surface area contributed by atoms with E-state index in [1.54, 1.807) is 6.20 Å². The van der Waals surface area contributed by atoms with E-state index in [1.807, 2.05) is 72.4 Å². The molecule has 0 aliphatic rings. The second-order valence-corrected chi connectivity index (χ2v) is 5.99. The molecule has 0 aliphatic carbocycles. The molecule has 0 aliphatic heterocycles. The molecule has 0 bridgehead atoms. The van der Waals surface area contributed by atoms with Crippen LogP contribution in [0.1, 0.15) is 16.3 Å². The summed E-state index contributed by atoms with van der Waals surface area (Å²) in [6.45, 7) is 0.393. The average Bonchev–Trinajstić information content (AvgIpc) is 3.27. The molecule has 6 heteroatoms. The molecule has 6 nitrogen and oxygen atoms in total. The third kappa shape index (κ3) is 3.30. The highest BCUT2D eigenvalue weighted by Crippen LogP contribution is 2.19. The zero-order valence-corrected chi connectivity index (χ0v) is 14.3. The van der Waals surface area contributed by atoms with E-state index in [-0.39, 0.29) is 5.91 Å². The van der Waals surface area contributed by atoms with Crippen molar-refractivity contribution in [1.82, 2.24) is 14.5 Å². The van der Waals surface area contributed by atoms with E-state index in [2.05, 4.69) is 15.3 Å². The summed E-state index contributed by atoms with van der Waals surface area (Å²) in [7, 11) is 1.92. The fourth-order valence-electron chi connectivity index (χ4n) is 2.71. The third-order valence-corrected chi connectivity index (χ3v) is 4.18. The van der Waals surface area contributed by atoms with Gasteiger partial charge in [-0.3, -0.25) is 4.79 Å². The highest BCUT2D eigenvalue weighted by molar-refractivity contribution is 6.05. The molecule has 130 valence electrons. The lowest BCUT2D eigenvalue weighted by Crippen LogP contribution is -2.12. The molecule has 0 saturated carbocycles. The number of hydrogen-bond acceptors (Lipinski definition) is 3. The number of aromatic amines is 1.